The molecule has 3 aromatic rings. The van der Waals surface area contributed by atoms with Crippen molar-refractivity contribution in [2.24, 2.45) is 0 Å². The van der Waals surface area contributed by atoms with E-state index in [1.54, 1.807) is 11.8 Å². The Hall–Kier alpha value is -2.98. The van der Waals surface area contributed by atoms with Gasteiger partial charge in [0.25, 0.3) is 0 Å². The third-order valence-corrected chi connectivity index (χ3v) is 5.28. The van der Waals surface area contributed by atoms with Crippen LogP contribution in [0.2, 0.25) is 0 Å². The van der Waals surface area contributed by atoms with E-state index in [4.69, 9.17) is 19.4 Å². The van der Waals surface area contributed by atoms with E-state index in [1.807, 2.05) is 24.3 Å². The lowest BCUT2D eigenvalue weighted by Crippen LogP contribution is -2.38. The zero-order valence-corrected chi connectivity index (χ0v) is 18.1. The van der Waals surface area contributed by atoms with E-state index in [1.165, 1.54) is 0 Å². The second-order valence-electron chi connectivity index (χ2n) is 7.42. The zero-order chi connectivity index (χ0) is 21.6. The van der Waals surface area contributed by atoms with Crippen LogP contribution >= 0.6 is 0 Å². The van der Waals surface area contributed by atoms with Gasteiger partial charge in [0.2, 0.25) is 5.95 Å². The molecule has 2 aromatic heterocycles. The second kappa shape index (κ2) is 9.88. The number of aliphatic hydroxyl groups excluding tert-OH is 1. The van der Waals surface area contributed by atoms with Crippen LogP contribution in [0.3, 0.4) is 0 Å². The Morgan fingerprint density at radius 2 is 1.90 bits per heavy atom. The molecule has 1 aliphatic rings. The van der Waals surface area contributed by atoms with E-state index in [-0.39, 0.29) is 6.61 Å². The number of nitrogens with zero attached hydrogens (tertiary/aromatic N) is 7. The minimum atomic E-state index is 0.0400. The third kappa shape index (κ3) is 4.70. The van der Waals surface area contributed by atoms with Crippen molar-refractivity contribution in [3.05, 3.63) is 29.8 Å². The summed E-state index contributed by atoms with van der Waals surface area (Å²) in [5.41, 5.74) is 2.40. The summed E-state index contributed by atoms with van der Waals surface area (Å²) in [7, 11) is 1.65. The van der Waals surface area contributed by atoms with Crippen LogP contribution in [0.1, 0.15) is 18.9 Å². The molecule has 0 unspecified atom stereocenters. The summed E-state index contributed by atoms with van der Waals surface area (Å²) in [6.07, 6.45) is 0.929. The minimum Gasteiger partial charge on any atom is -0.497 e. The van der Waals surface area contributed by atoms with E-state index >= 15 is 0 Å². The van der Waals surface area contributed by atoms with E-state index in [9.17, 15) is 5.11 Å². The van der Waals surface area contributed by atoms with Gasteiger partial charge in [-0.3, -0.25) is 0 Å². The maximum Gasteiger partial charge on any atom is 0.229 e. The molecule has 1 saturated heterocycles. The molecule has 1 N–H and O–H groups in total. The highest BCUT2D eigenvalue weighted by Gasteiger charge is 2.23. The van der Waals surface area contributed by atoms with Crippen molar-refractivity contribution in [2.75, 3.05) is 62.9 Å². The van der Waals surface area contributed by atoms with Crippen LogP contribution in [0.15, 0.2) is 24.3 Å². The van der Waals surface area contributed by atoms with Crippen LogP contribution < -0.4 is 14.5 Å². The number of morpholine rings is 1. The van der Waals surface area contributed by atoms with Crippen LogP contribution in [-0.2, 0) is 11.3 Å². The van der Waals surface area contributed by atoms with Crippen molar-refractivity contribution in [3.8, 4) is 5.75 Å². The standard InChI is InChI=1S/C21H29N7O3/c1-3-8-26(9-12-29)19-18-20(23-21(22-19)27-10-13-31-14-11-27)28(25-24-18)15-16-4-6-17(30-2)7-5-16/h4-7,29H,3,8-15H2,1-2H3. The summed E-state index contributed by atoms with van der Waals surface area (Å²) in [5.74, 6) is 2.16. The van der Waals surface area contributed by atoms with E-state index < -0.39 is 0 Å². The van der Waals surface area contributed by atoms with Gasteiger partial charge in [-0.15, -0.1) is 5.10 Å². The topological polar surface area (TPSA) is 102 Å². The lowest BCUT2D eigenvalue weighted by molar-refractivity contribution is 0.122. The highest BCUT2D eigenvalue weighted by molar-refractivity contribution is 5.84. The first-order valence-corrected chi connectivity index (χ1v) is 10.7. The number of hydrogen-bond acceptors (Lipinski definition) is 9. The van der Waals surface area contributed by atoms with Gasteiger partial charge in [0, 0.05) is 26.2 Å². The number of methoxy groups -OCH3 is 1. The van der Waals surface area contributed by atoms with Crippen molar-refractivity contribution in [1.82, 2.24) is 25.0 Å². The molecule has 0 aliphatic carbocycles. The van der Waals surface area contributed by atoms with Crippen LogP contribution in [0.25, 0.3) is 11.2 Å². The van der Waals surface area contributed by atoms with E-state index in [0.29, 0.717) is 49.2 Å². The van der Waals surface area contributed by atoms with Crippen LogP contribution in [-0.4, -0.2) is 83.2 Å². The molecule has 4 rings (SSSR count). The normalized spacial score (nSPS) is 14.2. The summed E-state index contributed by atoms with van der Waals surface area (Å²) >= 11 is 0. The number of anilines is 2. The smallest absolute Gasteiger partial charge is 0.229 e. The Bertz CT molecular complexity index is 981. The first-order valence-electron chi connectivity index (χ1n) is 10.7. The van der Waals surface area contributed by atoms with Crippen LogP contribution in [0, 0.1) is 0 Å². The number of ether oxygens (including phenoxy) is 2. The Morgan fingerprint density at radius 1 is 1.13 bits per heavy atom. The monoisotopic (exact) mass is 427 g/mol. The van der Waals surface area contributed by atoms with Gasteiger partial charge in [-0.05, 0) is 24.1 Å². The van der Waals surface area contributed by atoms with Gasteiger partial charge < -0.3 is 24.4 Å². The van der Waals surface area contributed by atoms with Gasteiger partial charge in [-0.25, -0.2) is 4.68 Å². The fourth-order valence-corrected chi connectivity index (χ4v) is 3.68. The molecule has 10 heteroatoms. The van der Waals surface area contributed by atoms with Gasteiger partial charge in [-0.2, -0.15) is 9.97 Å². The van der Waals surface area contributed by atoms with Crippen molar-refractivity contribution < 1.29 is 14.6 Å². The molecular weight excluding hydrogens is 398 g/mol. The molecule has 0 spiro atoms. The summed E-state index contributed by atoms with van der Waals surface area (Å²) in [5, 5.41) is 18.4. The molecule has 0 atom stereocenters. The molecule has 1 aromatic carbocycles. The quantitative estimate of drug-likeness (QED) is 0.542. The van der Waals surface area contributed by atoms with Gasteiger partial charge in [0.05, 0.1) is 33.5 Å². The average Bonchev–Trinajstić information content (AvgIpc) is 3.22. The van der Waals surface area contributed by atoms with Gasteiger partial charge in [-0.1, -0.05) is 24.3 Å². The molecule has 0 bridgehead atoms. The molecule has 1 aliphatic heterocycles. The fraction of sp³-hybridized carbons (Fsp3) is 0.524. The summed E-state index contributed by atoms with van der Waals surface area (Å²) < 4.78 is 12.5. The van der Waals surface area contributed by atoms with Crippen LogP contribution in [0.4, 0.5) is 11.8 Å². The van der Waals surface area contributed by atoms with E-state index in [2.05, 4.69) is 27.0 Å². The molecule has 3 heterocycles. The fourth-order valence-electron chi connectivity index (χ4n) is 3.68. The first kappa shape index (κ1) is 21.3. The first-order chi connectivity index (χ1) is 15.2. The Labute approximate surface area is 181 Å². The Kier molecular flexibility index (Phi) is 6.78. The largest absolute Gasteiger partial charge is 0.497 e. The lowest BCUT2D eigenvalue weighted by atomic mass is 10.2. The van der Waals surface area contributed by atoms with E-state index in [0.717, 1.165) is 37.4 Å². The molecule has 166 valence electrons. The number of aromatic nitrogens is 5. The van der Waals surface area contributed by atoms with Gasteiger partial charge >= 0.3 is 0 Å². The summed E-state index contributed by atoms with van der Waals surface area (Å²) in [4.78, 5) is 13.9. The molecule has 0 saturated carbocycles. The number of benzene rings is 1. The summed E-state index contributed by atoms with van der Waals surface area (Å²) in [6, 6.07) is 7.87. The van der Waals surface area contributed by atoms with Gasteiger partial charge in [0.15, 0.2) is 17.0 Å². The number of hydrogen-bond donors (Lipinski definition) is 1. The number of rotatable bonds is 9. The van der Waals surface area contributed by atoms with Crippen molar-refractivity contribution >= 4 is 22.9 Å². The predicted octanol–water partition coefficient (Wildman–Crippen LogP) is 1.32. The molecule has 0 amide bonds. The highest BCUT2D eigenvalue weighted by Crippen LogP contribution is 2.26. The molecule has 10 nitrogen and oxygen atoms in total. The molecule has 1 fully saturated rings. The van der Waals surface area contributed by atoms with Gasteiger partial charge in [0.1, 0.15) is 5.75 Å². The van der Waals surface area contributed by atoms with Crippen LogP contribution in [0.5, 0.6) is 5.75 Å². The average molecular weight is 428 g/mol. The zero-order valence-electron chi connectivity index (χ0n) is 18.1. The highest BCUT2D eigenvalue weighted by atomic mass is 16.5. The maximum absolute atomic E-state index is 9.59. The second-order valence-corrected chi connectivity index (χ2v) is 7.42. The SMILES string of the molecule is CCCN(CCO)c1nc(N2CCOCC2)nc2c1nnn2Cc1ccc(OC)cc1. The molecule has 0 radical (unpaired) electrons. The maximum atomic E-state index is 9.59. The summed E-state index contributed by atoms with van der Waals surface area (Å²) in [6.45, 7) is 6.69. The number of aliphatic hydroxyl groups is 1. The molecular formula is C21H29N7O3. The Balaban J connectivity index is 1.75. The predicted molar refractivity (Wildman–Crippen MR) is 118 cm³/mol. The van der Waals surface area contributed by atoms with Crippen molar-refractivity contribution in [1.29, 1.82) is 0 Å². The van der Waals surface area contributed by atoms with Crippen molar-refractivity contribution in [3.63, 3.8) is 0 Å². The Morgan fingerprint density at radius 3 is 2.58 bits per heavy atom. The lowest BCUT2D eigenvalue weighted by Gasteiger charge is -2.28. The minimum absolute atomic E-state index is 0.0400. The molecule has 31 heavy (non-hydrogen) atoms. The van der Waals surface area contributed by atoms with Crippen molar-refractivity contribution in [2.45, 2.75) is 19.9 Å². The third-order valence-electron chi connectivity index (χ3n) is 5.28. The number of fused-ring (bicyclic) bond motifs is 1.